The molecule has 7 nitrogen and oxygen atoms in total. The number of aryl methyl sites for hydroxylation is 1. The fourth-order valence-electron chi connectivity index (χ4n) is 4.56. The van der Waals surface area contributed by atoms with Crippen LogP contribution in [0.2, 0.25) is 0 Å². The lowest BCUT2D eigenvalue weighted by molar-refractivity contribution is -0.268. The Morgan fingerprint density at radius 1 is 1.24 bits per heavy atom. The number of fused-ring (bicyclic) bond motifs is 2. The van der Waals surface area contributed by atoms with Crippen LogP contribution >= 0.6 is 0 Å². The molecule has 7 heteroatoms. The Hall–Kier alpha value is -2.58. The Morgan fingerprint density at radius 2 is 1.97 bits per heavy atom. The van der Waals surface area contributed by atoms with E-state index in [4.69, 9.17) is 23.7 Å². The van der Waals surface area contributed by atoms with Crippen molar-refractivity contribution in [1.82, 2.24) is 0 Å². The number of phenolic OH excluding ortho intramolecular Hbond substituents is 1. The molecule has 2 heterocycles. The van der Waals surface area contributed by atoms with Crippen molar-refractivity contribution in [3.8, 4) is 17.2 Å². The molecule has 2 N–H and O–H groups in total. The maximum absolute atomic E-state index is 10.8. The van der Waals surface area contributed by atoms with E-state index in [0.29, 0.717) is 34.6 Å². The highest BCUT2D eigenvalue weighted by Gasteiger charge is 2.53. The van der Waals surface area contributed by atoms with Crippen LogP contribution in [0.4, 0.5) is 0 Å². The molecular weight excluding hydrogens is 436 g/mol. The van der Waals surface area contributed by atoms with Crippen molar-refractivity contribution in [1.29, 1.82) is 0 Å². The van der Waals surface area contributed by atoms with E-state index in [1.807, 2.05) is 39.0 Å². The zero-order valence-corrected chi connectivity index (χ0v) is 20.9. The fourth-order valence-corrected chi connectivity index (χ4v) is 4.56. The molecule has 0 aliphatic carbocycles. The molecule has 0 amide bonds. The molecule has 34 heavy (non-hydrogen) atoms. The van der Waals surface area contributed by atoms with Gasteiger partial charge in [-0.2, -0.15) is 0 Å². The SMILES string of the molecule is CO[C@H]1O[C@@](OC)(c2cc(C)cc3c2O[C@H](C(C)(C)O)CO3)c2c(CC=C(C)C)ccc(O)c21. The molecule has 2 aromatic carbocycles. The highest BCUT2D eigenvalue weighted by molar-refractivity contribution is 5.60. The van der Waals surface area contributed by atoms with E-state index in [9.17, 15) is 10.2 Å². The largest absolute Gasteiger partial charge is 0.507 e. The van der Waals surface area contributed by atoms with Crippen LogP contribution in [0.25, 0.3) is 0 Å². The second-order valence-corrected chi connectivity index (χ2v) is 9.74. The van der Waals surface area contributed by atoms with Gasteiger partial charge in [0.25, 0.3) is 0 Å². The van der Waals surface area contributed by atoms with Crippen molar-refractivity contribution >= 4 is 0 Å². The predicted molar refractivity (Wildman–Crippen MR) is 127 cm³/mol. The summed E-state index contributed by atoms with van der Waals surface area (Å²) in [7, 11) is 3.08. The molecule has 0 aromatic heterocycles. The Morgan fingerprint density at radius 3 is 2.59 bits per heavy atom. The molecule has 0 spiro atoms. The third-order valence-electron chi connectivity index (χ3n) is 6.37. The quantitative estimate of drug-likeness (QED) is 0.595. The molecule has 2 aliphatic heterocycles. The summed E-state index contributed by atoms with van der Waals surface area (Å²) < 4.78 is 30.6. The normalized spacial score (nSPS) is 23.5. The average Bonchev–Trinajstić information content (AvgIpc) is 3.13. The lowest BCUT2D eigenvalue weighted by atomic mass is 9.87. The Balaban J connectivity index is 1.99. The number of methoxy groups -OCH3 is 2. The maximum Gasteiger partial charge on any atom is 0.229 e. The number of hydrogen-bond acceptors (Lipinski definition) is 7. The minimum Gasteiger partial charge on any atom is -0.507 e. The van der Waals surface area contributed by atoms with Gasteiger partial charge in [0.2, 0.25) is 5.79 Å². The zero-order chi connectivity index (χ0) is 24.8. The monoisotopic (exact) mass is 470 g/mol. The predicted octanol–water partition coefficient (Wildman–Crippen LogP) is 4.64. The molecule has 2 aliphatic rings. The Kier molecular flexibility index (Phi) is 6.42. The third-order valence-corrected chi connectivity index (χ3v) is 6.37. The number of ether oxygens (including phenoxy) is 5. The summed E-state index contributed by atoms with van der Waals surface area (Å²) in [6, 6.07) is 7.35. The first-order chi connectivity index (χ1) is 16.0. The summed E-state index contributed by atoms with van der Waals surface area (Å²) in [5, 5.41) is 21.4. The van der Waals surface area contributed by atoms with Crippen molar-refractivity contribution in [3.63, 3.8) is 0 Å². The smallest absolute Gasteiger partial charge is 0.229 e. The molecule has 0 saturated heterocycles. The number of allylic oxidation sites excluding steroid dienone is 2. The molecule has 0 unspecified atom stereocenters. The van der Waals surface area contributed by atoms with Crippen LogP contribution in [0.15, 0.2) is 35.9 Å². The summed E-state index contributed by atoms with van der Waals surface area (Å²) >= 11 is 0. The summed E-state index contributed by atoms with van der Waals surface area (Å²) in [6.07, 6.45) is 1.28. The first-order valence-electron chi connectivity index (χ1n) is 11.4. The van der Waals surface area contributed by atoms with Crippen LogP contribution in [0.3, 0.4) is 0 Å². The van der Waals surface area contributed by atoms with Crippen molar-refractivity contribution < 1.29 is 33.9 Å². The second kappa shape index (κ2) is 8.89. The number of benzene rings is 2. The number of aromatic hydroxyl groups is 1. The molecule has 0 saturated carbocycles. The molecular formula is C27H34O7. The van der Waals surface area contributed by atoms with E-state index in [1.165, 1.54) is 12.7 Å². The molecule has 0 fully saturated rings. The van der Waals surface area contributed by atoms with E-state index < -0.39 is 23.8 Å². The van der Waals surface area contributed by atoms with E-state index in [-0.39, 0.29) is 12.4 Å². The summed E-state index contributed by atoms with van der Waals surface area (Å²) in [5.41, 5.74) is 3.69. The summed E-state index contributed by atoms with van der Waals surface area (Å²) in [5.74, 6) is -0.385. The number of hydrogen-bond donors (Lipinski definition) is 2. The second-order valence-electron chi connectivity index (χ2n) is 9.74. The van der Waals surface area contributed by atoms with Gasteiger partial charge in [0, 0.05) is 19.8 Å². The number of rotatable bonds is 6. The van der Waals surface area contributed by atoms with Crippen LogP contribution in [0.5, 0.6) is 17.2 Å². The van der Waals surface area contributed by atoms with Gasteiger partial charge in [0.05, 0.1) is 16.7 Å². The lowest BCUT2D eigenvalue weighted by Crippen LogP contribution is -2.47. The van der Waals surface area contributed by atoms with Gasteiger partial charge in [-0.05, 0) is 70.4 Å². The average molecular weight is 471 g/mol. The minimum atomic E-state index is -1.43. The molecule has 184 valence electrons. The fraction of sp³-hybridized carbons (Fsp3) is 0.481. The van der Waals surface area contributed by atoms with Gasteiger partial charge in [-0.25, -0.2) is 0 Å². The van der Waals surface area contributed by atoms with Crippen LogP contribution in [-0.4, -0.2) is 42.7 Å². The van der Waals surface area contributed by atoms with E-state index in [1.54, 1.807) is 27.0 Å². The van der Waals surface area contributed by atoms with Gasteiger partial charge in [0.15, 0.2) is 23.9 Å². The first-order valence-corrected chi connectivity index (χ1v) is 11.4. The van der Waals surface area contributed by atoms with Crippen LogP contribution < -0.4 is 9.47 Å². The molecule has 0 bridgehead atoms. The molecule has 2 aromatic rings. The van der Waals surface area contributed by atoms with Crippen LogP contribution in [0, 0.1) is 6.92 Å². The van der Waals surface area contributed by atoms with E-state index in [0.717, 1.165) is 11.1 Å². The van der Waals surface area contributed by atoms with Gasteiger partial charge in [0.1, 0.15) is 12.4 Å². The van der Waals surface area contributed by atoms with Gasteiger partial charge >= 0.3 is 0 Å². The van der Waals surface area contributed by atoms with Crippen molar-refractivity contribution in [2.75, 3.05) is 20.8 Å². The minimum absolute atomic E-state index is 0.0646. The standard InChI is InChI=1S/C27H34O7/c1-15(2)8-9-17-10-11-19(28)22-23(17)27(31-7,34-25(22)30-6)18-12-16(3)13-20-24(18)33-21(14-32-20)26(4,5)29/h8,10-13,21,25,28-29H,9,14H2,1-7H3/t21-,25-,27-/m0/s1. The Bertz CT molecular complexity index is 1110. The van der Waals surface area contributed by atoms with Crippen LogP contribution in [-0.2, 0) is 26.4 Å². The number of phenols is 1. The molecule has 3 atom stereocenters. The number of aliphatic hydroxyl groups is 1. The zero-order valence-electron chi connectivity index (χ0n) is 20.9. The Labute approximate surface area is 200 Å². The topological polar surface area (TPSA) is 86.6 Å². The van der Waals surface area contributed by atoms with Gasteiger partial charge < -0.3 is 33.9 Å². The van der Waals surface area contributed by atoms with E-state index >= 15 is 0 Å². The van der Waals surface area contributed by atoms with Crippen molar-refractivity contribution in [2.45, 2.75) is 64.8 Å². The van der Waals surface area contributed by atoms with Crippen LogP contribution in [0.1, 0.15) is 61.8 Å². The van der Waals surface area contributed by atoms with Gasteiger partial charge in [-0.3, -0.25) is 0 Å². The van der Waals surface area contributed by atoms with Crippen molar-refractivity contribution in [2.24, 2.45) is 0 Å². The summed E-state index contributed by atoms with van der Waals surface area (Å²) in [4.78, 5) is 0. The van der Waals surface area contributed by atoms with Gasteiger partial charge in [-0.1, -0.05) is 17.7 Å². The van der Waals surface area contributed by atoms with Crippen molar-refractivity contribution in [3.05, 3.63) is 63.7 Å². The maximum atomic E-state index is 10.8. The molecule has 4 rings (SSSR count). The first kappa shape index (κ1) is 24.5. The molecule has 0 radical (unpaired) electrons. The lowest BCUT2D eigenvalue weighted by Gasteiger charge is -2.38. The summed E-state index contributed by atoms with van der Waals surface area (Å²) in [6.45, 7) is 9.61. The van der Waals surface area contributed by atoms with Gasteiger partial charge in [-0.15, -0.1) is 0 Å². The van der Waals surface area contributed by atoms with E-state index in [2.05, 4.69) is 6.08 Å². The highest BCUT2D eigenvalue weighted by atomic mass is 16.8. The highest BCUT2D eigenvalue weighted by Crippen LogP contribution is 2.56. The third kappa shape index (κ3) is 4.07.